The number of aromatic amines is 2. The van der Waals surface area contributed by atoms with Gasteiger partial charge >= 0.3 is 0 Å². The van der Waals surface area contributed by atoms with Gasteiger partial charge in [0.15, 0.2) is 71.4 Å². The molecule has 3 aliphatic rings. The van der Waals surface area contributed by atoms with Crippen LogP contribution in [0, 0.1) is 0 Å². The van der Waals surface area contributed by atoms with Gasteiger partial charge in [-0.1, -0.05) is 0 Å². The number of thiophene rings is 1. The average molecular weight is 1750 g/mol. The Labute approximate surface area is 724 Å². The largest absolute Gasteiger partial charge is 0.328 e. The fourth-order valence-corrected chi connectivity index (χ4v) is 19.2. The van der Waals surface area contributed by atoms with Crippen molar-refractivity contribution < 1.29 is 9.36 Å². The first-order valence-corrected chi connectivity index (χ1v) is 44.2. The Hall–Kier alpha value is -13.8. The first kappa shape index (κ1) is 77.8. The van der Waals surface area contributed by atoms with Gasteiger partial charge in [-0.3, -0.25) is 36.0 Å². The van der Waals surface area contributed by atoms with Crippen LogP contribution >= 0.6 is 69.0 Å². The van der Waals surface area contributed by atoms with E-state index in [0.29, 0.717) is 23.6 Å². The van der Waals surface area contributed by atoms with Crippen molar-refractivity contribution in [1.82, 2.24) is 144 Å². The van der Waals surface area contributed by atoms with Crippen molar-refractivity contribution in [2.24, 2.45) is 35.2 Å². The van der Waals surface area contributed by atoms with Crippen LogP contribution in [0.2, 0.25) is 0 Å². The number of anilines is 10. The number of rotatable bonds is 18. The molecule has 0 aromatic carbocycles. The number of piperidine rings is 2. The highest BCUT2D eigenvalue weighted by molar-refractivity contribution is 7.21. The topological polar surface area (TPSA) is 392 Å². The van der Waals surface area contributed by atoms with Crippen molar-refractivity contribution in [2.75, 3.05) is 52.8 Å². The minimum atomic E-state index is 0.491. The summed E-state index contributed by atoms with van der Waals surface area (Å²) in [5.74, 6) is 5.34. The lowest BCUT2D eigenvalue weighted by Crippen LogP contribution is -2.28. The normalized spacial score (nSPS) is 14.2. The smallest absolute Gasteiger partial charge is 0.204 e. The van der Waals surface area contributed by atoms with Crippen LogP contribution in [-0.2, 0) is 35.2 Å². The summed E-state index contributed by atoms with van der Waals surface area (Å²) in [5.41, 5.74) is 17.8. The molecule has 1 saturated carbocycles. The van der Waals surface area contributed by atoms with Gasteiger partial charge in [-0.25, -0.2) is 49.8 Å². The third kappa shape index (κ3) is 16.6. The molecule has 0 spiro atoms. The van der Waals surface area contributed by atoms with Gasteiger partial charge in [0.2, 0.25) is 12.4 Å². The van der Waals surface area contributed by atoms with E-state index in [2.05, 4.69) is 153 Å². The second-order valence-corrected chi connectivity index (χ2v) is 34.5. The van der Waals surface area contributed by atoms with Crippen molar-refractivity contribution in [1.29, 1.82) is 0 Å². The molecule has 0 amide bonds. The molecule has 2 saturated heterocycles. The molecule has 37 nitrogen and oxygen atoms in total. The molecule has 0 radical (unpaired) electrons. The number of nitrogens with one attached hydrogen (secondary N) is 9. The molecule has 2 aliphatic heterocycles. The van der Waals surface area contributed by atoms with Crippen molar-refractivity contribution in [3.63, 3.8) is 0 Å². The molecule has 618 valence electrons. The van der Waals surface area contributed by atoms with Crippen molar-refractivity contribution >= 4 is 162 Å². The maximum atomic E-state index is 4.66. The lowest BCUT2D eigenvalue weighted by Gasteiger charge is -2.22. The van der Waals surface area contributed by atoms with Gasteiger partial charge in [-0.2, -0.15) is 47.4 Å². The Balaban J connectivity index is 0.0000000978. The number of nitrogens with zero attached hydrogens (tertiary/aromatic N) is 28. The highest BCUT2D eigenvalue weighted by Gasteiger charge is 2.28. The molecule has 24 rings (SSSR count). The summed E-state index contributed by atoms with van der Waals surface area (Å²) in [4.78, 5) is 46.1. The van der Waals surface area contributed by atoms with Crippen LogP contribution in [0.3, 0.4) is 0 Å². The van der Waals surface area contributed by atoms with E-state index in [0.717, 1.165) is 182 Å². The van der Waals surface area contributed by atoms with Crippen LogP contribution in [0.25, 0.3) is 94.7 Å². The number of H-pyrrole nitrogens is 2. The summed E-state index contributed by atoms with van der Waals surface area (Å²) < 4.78 is 41.4. The number of imidazole rings is 5. The van der Waals surface area contributed by atoms with Crippen LogP contribution in [0.15, 0.2) is 197 Å². The first-order chi connectivity index (χ1) is 60.4. The van der Waals surface area contributed by atoms with Crippen molar-refractivity contribution in [3.05, 3.63) is 214 Å². The van der Waals surface area contributed by atoms with Crippen LogP contribution in [0.1, 0.15) is 73.2 Å². The molecule has 9 N–H and O–H groups in total. The number of hydrogen-bond donors (Lipinski definition) is 9. The second-order valence-electron chi connectivity index (χ2n) is 29.5. The predicted octanol–water partition coefficient (Wildman–Crippen LogP) is 13.5. The quantitative estimate of drug-likeness (QED) is 0.0360. The maximum Gasteiger partial charge on any atom is 0.204 e. The summed E-state index contributed by atoms with van der Waals surface area (Å²) >= 11 is 8.90. The summed E-state index contributed by atoms with van der Waals surface area (Å²) in [6, 6.07) is 8.25. The molecule has 1 atom stereocenters. The van der Waals surface area contributed by atoms with E-state index in [1.807, 2.05) is 208 Å². The second kappa shape index (κ2) is 34.4. The van der Waals surface area contributed by atoms with E-state index in [9.17, 15) is 0 Å². The van der Waals surface area contributed by atoms with Gasteiger partial charge < -0.3 is 37.2 Å². The maximum absolute atomic E-state index is 4.66. The standard InChI is InChI=1S/2C18H20N8S.C16H15N7S.C15H11N7S2.C13H11N7S/c1-25-11-13(9-22-25)15-10-21-18-17(20-6-7-26(15)18)23-16-8-14(24-27-16)12-2-4-19-5-3-12;1-25-11-13(8-22-25)15-10-21-17-16(20-5-6-26(15)17)24-18-14(9-23-27-18)12-3-2-4-19-7-12;1-22-9-11(7-19-22)13-8-18-16-15(17-4-5-23(13)16)20-14-6-12(21-24-14)10-2-3-10;1-21-8-9(6-18-21)11-7-17-13-12(16-3-4-22(11)13)19-14-10-2-5-23-15(10)20-24-14;1-19-8-9(6-16-19)10-7-15-13-12(14-4-5-20(10)13)18-11-2-3-17-21-11/h6-12,19H,2-5H2,1H3,(H,20,23);5-6,8-12,19H,2-4,7H2,1H3,(H,20,24);4-10H,2-3H2,1H3,(H,17,20);2-8H,1H3,(H,16,19,20);2-8H,1H3,(H,14,17,18)/p+2. The molecule has 123 heavy (non-hydrogen) atoms. The Morgan fingerprint density at radius 2 is 0.846 bits per heavy atom. The van der Waals surface area contributed by atoms with E-state index in [4.69, 9.17) is 0 Å². The lowest BCUT2D eigenvalue weighted by molar-refractivity contribution is -0.726. The van der Waals surface area contributed by atoms with Crippen LogP contribution in [-0.4, -0.2) is 159 Å². The predicted molar refractivity (Wildman–Crippen MR) is 477 cm³/mol. The molecular formula is C80H79N37S6+2. The Morgan fingerprint density at radius 3 is 1.26 bits per heavy atom. The zero-order chi connectivity index (χ0) is 82.9. The minimum Gasteiger partial charge on any atom is -0.328 e. The van der Waals surface area contributed by atoms with Gasteiger partial charge in [0.05, 0.1) is 113 Å². The number of aromatic nitrogens is 30. The molecular weight excluding hydrogens is 1670 g/mol. The van der Waals surface area contributed by atoms with Crippen LogP contribution in [0.5, 0.6) is 0 Å². The number of hydrogen-bond acceptors (Lipinski definition) is 31. The van der Waals surface area contributed by atoms with Gasteiger partial charge in [0.25, 0.3) is 0 Å². The van der Waals surface area contributed by atoms with Gasteiger partial charge in [0.1, 0.15) is 29.8 Å². The lowest BCUT2D eigenvalue weighted by atomic mass is 9.94. The van der Waals surface area contributed by atoms with Crippen LogP contribution < -0.4 is 46.6 Å². The molecule has 0 bridgehead atoms. The van der Waals surface area contributed by atoms with E-state index >= 15 is 0 Å². The molecule has 43 heteroatoms. The molecule has 21 aromatic rings. The molecule has 3 fully saturated rings. The minimum absolute atomic E-state index is 0.491. The highest BCUT2D eigenvalue weighted by Crippen LogP contribution is 2.43. The summed E-state index contributed by atoms with van der Waals surface area (Å²) in [6.45, 7) is 4.23. The highest BCUT2D eigenvalue weighted by atomic mass is 32.1. The third-order valence-corrected chi connectivity index (χ3v) is 25.7. The summed E-state index contributed by atoms with van der Waals surface area (Å²) in [5, 5.41) is 50.9. The Morgan fingerprint density at radius 1 is 0.398 bits per heavy atom. The van der Waals surface area contributed by atoms with E-state index < -0.39 is 0 Å². The summed E-state index contributed by atoms with van der Waals surface area (Å²) in [6.07, 6.45) is 58.0. The Bertz CT molecular complexity index is 7190. The molecule has 1 aliphatic carbocycles. The monoisotopic (exact) mass is 1750 g/mol. The molecule has 1 unspecified atom stereocenters. The zero-order valence-electron chi connectivity index (χ0n) is 66.7. The average Bonchev–Trinajstić information content (AvgIpc) is 1.67. The first-order valence-electron chi connectivity index (χ1n) is 39.5. The van der Waals surface area contributed by atoms with Crippen molar-refractivity contribution in [2.45, 2.75) is 56.3 Å². The fourth-order valence-electron chi connectivity index (χ4n) is 14.9. The van der Waals surface area contributed by atoms with Crippen molar-refractivity contribution in [3.8, 4) is 56.3 Å². The van der Waals surface area contributed by atoms with Gasteiger partial charge in [-0.05, 0) is 145 Å². The van der Waals surface area contributed by atoms with E-state index in [1.54, 1.807) is 62.6 Å². The van der Waals surface area contributed by atoms with Crippen LogP contribution in [0.4, 0.5) is 54.1 Å². The van der Waals surface area contributed by atoms with E-state index in [-0.39, 0.29) is 0 Å². The Kier molecular flexibility index (Phi) is 21.7. The van der Waals surface area contributed by atoms with E-state index in [1.165, 1.54) is 100 Å². The van der Waals surface area contributed by atoms with Gasteiger partial charge in [0, 0.05) is 166 Å². The molecule has 21 aromatic heterocycles. The van der Waals surface area contributed by atoms with Gasteiger partial charge in [-0.15, -0.1) is 20.7 Å². The molecule has 23 heterocycles. The number of fused-ring (bicyclic) bond motifs is 6. The SMILES string of the molecule is C[n+]1cc(-c2cnc3c(Nc4ccns4)nccn23)c[nH]1.C[n+]1cc(-c2cnc3c(Nc4snc5sccc45)nccn23)c[nH]1.Cn1cc(-c2cnc3c(Nc4cc(C5CC5)ns4)nccn23)cn1.Cn1cc(-c2cnc3c(Nc4cc(C5CCNCC5)ns4)nccn23)cn1.Cn1cc(-c2cnc3c(Nc4sncc4C4CCCNC4)nccn23)cn1. The zero-order valence-corrected chi connectivity index (χ0v) is 71.6. The summed E-state index contributed by atoms with van der Waals surface area (Å²) in [7, 11) is 9.63. The third-order valence-electron chi connectivity index (χ3n) is 21.1. The fraction of sp³-hybridized carbons (Fsp3) is 0.225. The number of aryl methyl sites for hydroxylation is 5.